The molecule has 0 aliphatic carbocycles. The van der Waals surface area contributed by atoms with Gasteiger partial charge in [0.05, 0.1) is 0 Å². The Morgan fingerprint density at radius 3 is 2.42 bits per heavy atom. The van der Waals surface area contributed by atoms with E-state index in [0.717, 1.165) is 30.4 Å². The lowest BCUT2D eigenvalue weighted by molar-refractivity contribution is -0.124. The molecule has 0 unspecified atom stereocenters. The van der Waals surface area contributed by atoms with Crippen molar-refractivity contribution in [2.45, 2.75) is 12.8 Å². The summed E-state index contributed by atoms with van der Waals surface area (Å²) in [6.45, 7) is 1.65. The average Bonchev–Trinajstić information content (AvgIpc) is 2.42. The number of hydrogen-bond acceptors (Lipinski definition) is 3. The van der Waals surface area contributed by atoms with E-state index in [0.29, 0.717) is 5.69 Å². The summed E-state index contributed by atoms with van der Waals surface area (Å²) in [4.78, 5) is 23.5. The smallest absolute Gasteiger partial charge is 0.317 e. The molecule has 0 atom stereocenters. The highest BCUT2D eigenvalue weighted by Crippen LogP contribution is 2.14. The maximum Gasteiger partial charge on any atom is 0.325 e. The molecule has 3 N–H and O–H groups in total. The minimum Gasteiger partial charge on any atom is -0.317 e. The first-order valence-corrected chi connectivity index (χ1v) is 7.02. The molecule has 6 heteroatoms. The van der Waals surface area contributed by atoms with Crippen LogP contribution >= 0.6 is 15.9 Å². The van der Waals surface area contributed by atoms with Crippen LogP contribution < -0.4 is 16.0 Å². The summed E-state index contributed by atoms with van der Waals surface area (Å²) >= 11 is 3.32. The van der Waals surface area contributed by atoms with Crippen molar-refractivity contribution >= 4 is 33.6 Å². The Bertz CT molecular complexity index is 455. The Hall–Kier alpha value is -1.40. The van der Waals surface area contributed by atoms with Gasteiger partial charge in [0.15, 0.2) is 0 Å². The van der Waals surface area contributed by atoms with E-state index in [-0.39, 0.29) is 11.8 Å². The van der Waals surface area contributed by atoms with E-state index in [1.165, 1.54) is 0 Å². The van der Waals surface area contributed by atoms with Gasteiger partial charge in [-0.05, 0) is 50.2 Å². The molecule has 5 nitrogen and oxygen atoms in total. The molecular formula is C13H16BrN3O2. The third-order valence-electron chi connectivity index (χ3n) is 3.05. The normalized spacial score (nSPS) is 15.8. The average molecular weight is 326 g/mol. The molecule has 1 saturated heterocycles. The van der Waals surface area contributed by atoms with Crippen molar-refractivity contribution in [1.82, 2.24) is 10.6 Å². The summed E-state index contributed by atoms with van der Waals surface area (Å²) in [6, 6.07) is 6.69. The van der Waals surface area contributed by atoms with E-state index in [2.05, 4.69) is 31.9 Å². The fourth-order valence-electron chi connectivity index (χ4n) is 1.99. The Labute approximate surface area is 120 Å². The predicted molar refractivity (Wildman–Crippen MR) is 76.9 cm³/mol. The topological polar surface area (TPSA) is 70.2 Å². The molecule has 1 fully saturated rings. The van der Waals surface area contributed by atoms with Crippen LogP contribution in [0, 0.1) is 5.92 Å². The van der Waals surface area contributed by atoms with Crippen molar-refractivity contribution in [1.29, 1.82) is 0 Å². The number of carbonyl (C=O) groups excluding carboxylic acids is 2. The van der Waals surface area contributed by atoms with E-state index in [4.69, 9.17) is 0 Å². The zero-order valence-corrected chi connectivity index (χ0v) is 12.0. The minimum atomic E-state index is -0.481. The highest BCUT2D eigenvalue weighted by Gasteiger charge is 2.22. The molecule has 0 spiro atoms. The Balaban J connectivity index is 1.83. The fourth-order valence-corrected chi connectivity index (χ4v) is 2.26. The van der Waals surface area contributed by atoms with Crippen LogP contribution in [-0.2, 0) is 4.79 Å². The van der Waals surface area contributed by atoms with Crippen LogP contribution in [0.4, 0.5) is 10.5 Å². The molecule has 102 valence electrons. The van der Waals surface area contributed by atoms with Gasteiger partial charge in [0.1, 0.15) is 0 Å². The van der Waals surface area contributed by atoms with Gasteiger partial charge in [0.25, 0.3) is 0 Å². The monoisotopic (exact) mass is 325 g/mol. The zero-order valence-electron chi connectivity index (χ0n) is 10.4. The molecule has 19 heavy (non-hydrogen) atoms. The maximum atomic E-state index is 11.8. The molecule has 1 aliphatic heterocycles. The quantitative estimate of drug-likeness (QED) is 0.779. The molecule has 3 amide bonds. The number of halogens is 1. The third-order valence-corrected chi connectivity index (χ3v) is 3.58. The lowest BCUT2D eigenvalue weighted by Gasteiger charge is -2.21. The highest BCUT2D eigenvalue weighted by atomic mass is 79.9. The second kappa shape index (κ2) is 6.68. The molecule has 0 radical (unpaired) electrons. The van der Waals surface area contributed by atoms with Crippen LogP contribution in [0.2, 0.25) is 0 Å². The number of hydrogen-bond donors (Lipinski definition) is 3. The van der Waals surface area contributed by atoms with E-state index in [9.17, 15) is 9.59 Å². The Morgan fingerprint density at radius 2 is 1.79 bits per heavy atom. The van der Waals surface area contributed by atoms with Gasteiger partial charge in [-0.15, -0.1) is 0 Å². The number of anilines is 1. The number of rotatable bonds is 2. The van der Waals surface area contributed by atoms with Crippen LogP contribution in [0.1, 0.15) is 12.8 Å². The van der Waals surface area contributed by atoms with E-state index in [1.807, 2.05) is 12.1 Å². The van der Waals surface area contributed by atoms with Gasteiger partial charge in [-0.3, -0.25) is 10.1 Å². The number of benzene rings is 1. The SMILES string of the molecule is O=C(NC(=O)C1CCNCC1)Nc1ccc(Br)cc1. The fraction of sp³-hybridized carbons (Fsp3) is 0.385. The first kappa shape index (κ1) is 14.0. The van der Waals surface area contributed by atoms with Gasteiger partial charge in [0.2, 0.25) is 5.91 Å². The molecule has 0 bridgehead atoms. The number of nitrogens with one attached hydrogen (secondary N) is 3. The van der Waals surface area contributed by atoms with Crippen molar-refractivity contribution in [3.8, 4) is 0 Å². The first-order valence-electron chi connectivity index (χ1n) is 6.23. The molecule has 2 rings (SSSR count). The second-order valence-electron chi connectivity index (χ2n) is 4.47. The molecule has 0 aromatic heterocycles. The number of urea groups is 1. The number of amides is 3. The first-order chi connectivity index (χ1) is 9.15. The van der Waals surface area contributed by atoms with Crippen LogP contribution in [-0.4, -0.2) is 25.0 Å². The van der Waals surface area contributed by atoms with E-state index < -0.39 is 6.03 Å². The summed E-state index contributed by atoms with van der Waals surface area (Å²) in [5.41, 5.74) is 0.652. The van der Waals surface area contributed by atoms with E-state index in [1.54, 1.807) is 12.1 Å². The third kappa shape index (κ3) is 4.33. The lowest BCUT2D eigenvalue weighted by atomic mass is 9.97. The number of piperidine rings is 1. The van der Waals surface area contributed by atoms with Gasteiger partial charge < -0.3 is 10.6 Å². The van der Waals surface area contributed by atoms with Gasteiger partial charge in [-0.25, -0.2) is 4.79 Å². The summed E-state index contributed by atoms with van der Waals surface area (Å²) in [7, 11) is 0. The number of imide groups is 1. The van der Waals surface area contributed by atoms with Gasteiger partial charge >= 0.3 is 6.03 Å². The summed E-state index contributed by atoms with van der Waals surface area (Å²) in [5.74, 6) is -0.270. The van der Waals surface area contributed by atoms with Crippen molar-refractivity contribution in [3.05, 3.63) is 28.7 Å². The maximum absolute atomic E-state index is 11.8. The van der Waals surface area contributed by atoms with Crippen molar-refractivity contribution in [3.63, 3.8) is 0 Å². The van der Waals surface area contributed by atoms with Crippen LogP contribution in [0.15, 0.2) is 28.7 Å². The molecular weight excluding hydrogens is 310 g/mol. The van der Waals surface area contributed by atoms with Crippen LogP contribution in [0.3, 0.4) is 0 Å². The van der Waals surface area contributed by atoms with Gasteiger partial charge in [-0.2, -0.15) is 0 Å². The summed E-state index contributed by atoms with van der Waals surface area (Å²) in [6.07, 6.45) is 1.55. The Morgan fingerprint density at radius 1 is 1.16 bits per heavy atom. The molecule has 0 saturated carbocycles. The van der Waals surface area contributed by atoms with Crippen molar-refractivity contribution in [2.24, 2.45) is 5.92 Å². The number of carbonyl (C=O) groups is 2. The molecule has 1 heterocycles. The zero-order chi connectivity index (χ0) is 13.7. The van der Waals surface area contributed by atoms with E-state index >= 15 is 0 Å². The minimum absolute atomic E-state index is 0.0723. The van der Waals surface area contributed by atoms with Crippen LogP contribution in [0.5, 0.6) is 0 Å². The standard InChI is InChI=1S/C13H16BrN3O2/c14-10-1-3-11(4-2-10)16-13(19)17-12(18)9-5-7-15-8-6-9/h1-4,9,15H,5-8H2,(H2,16,17,18,19). The Kier molecular flexibility index (Phi) is 4.93. The highest BCUT2D eigenvalue weighted by molar-refractivity contribution is 9.10. The molecule has 1 aromatic carbocycles. The van der Waals surface area contributed by atoms with Crippen molar-refractivity contribution in [2.75, 3.05) is 18.4 Å². The lowest BCUT2D eigenvalue weighted by Crippen LogP contribution is -2.42. The molecule has 1 aromatic rings. The largest absolute Gasteiger partial charge is 0.325 e. The summed E-state index contributed by atoms with van der Waals surface area (Å²) in [5, 5.41) is 8.20. The van der Waals surface area contributed by atoms with Gasteiger partial charge in [-0.1, -0.05) is 15.9 Å². The second-order valence-corrected chi connectivity index (χ2v) is 5.39. The molecule has 1 aliphatic rings. The van der Waals surface area contributed by atoms with Gasteiger partial charge in [0, 0.05) is 16.1 Å². The van der Waals surface area contributed by atoms with Crippen molar-refractivity contribution < 1.29 is 9.59 Å². The predicted octanol–water partition coefficient (Wildman–Crippen LogP) is 2.10. The van der Waals surface area contributed by atoms with Crippen LogP contribution in [0.25, 0.3) is 0 Å². The summed E-state index contributed by atoms with van der Waals surface area (Å²) < 4.78 is 0.934.